The lowest BCUT2D eigenvalue weighted by atomic mass is 10.1. The van der Waals surface area contributed by atoms with E-state index in [0.717, 1.165) is 11.4 Å². The van der Waals surface area contributed by atoms with Gasteiger partial charge in [0.05, 0.1) is 6.61 Å². The van der Waals surface area contributed by atoms with Gasteiger partial charge in [-0.15, -0.1) is 0 Å². The Morgan fingerprint density at radius 2 is 1.97 bits per heavy atom. The first-order chi connectivity index (χ1) is 14.3. The van der Waals surface area contributed by atoms with Crippen LogP contribution in [0.4, 0.5) is 10.1 Å². The molecule has 1 amide bonds. The zero-order valence-corrected chi connectivity index (χ0v) is 17.4. The average Bonchev–Trinajstić information content (AvgIpc) is 2.98. The fraction of sp³-hybridized carbons (Fsp3) is 0.318. The molecule has 7 nitrogen and oxygen atoms in total. The largest absolute Gasteiger partial charge is 0.448 e. The fourth-order valence-corrected chi connectivity index (χ4v) is 2.85. The van der Waals surface area contributed by atoms with Gasteiger partial charge >= 0.3 is 5.97 Å². The van der Waals surface area contributed by atoms with Gasteiger partial charge in [-0.2, -0.15) is 5.26 Å². The zero-order chi connectivity index (χ0) is 22.3. The van der Waals surface area contributed by atoms with E-state index in [1.165, 1.54) is 37.3 Å². The highest BCUT2D eigenvalue weighted by Crippen LogP contribution is 2.19. The Bertz CT molecular complexity index is 987. The van der Waals surface area contributed by atoms with Gasteiger partial charge in [0.2, 0.25) is 0 Å². The summed E-state index contributed by atoms with van der Waals surface area (Å²) in [7, 11) is 1.62. The number of carbonyl (C=O) groups is 2. The Balaban J connectivity index is 2.09. The quantitative estimate of drug-likeness (QED) is 0.407. The van der Waals surface area contributed by atoms with Gasteiger partial charge in [0.1, 0.15) is 17.5 Å². The van der Waals surface area contributed by atoms with Gasteiger partial charge < -0.3 is 19.4 Å². The number of aryl methyl sites for hydroxylation is 1. The lowest BCUT2D eigenvalue weighted by molar-refractivity contribution is -0.148. The number of anilines is 1. The average molecular weight is 413 g/mol. The first kappa shape index (κ1) is 22.8. The van der Waals surface area contributed by atoms with Crippen molar-refractivity contribution >= 4 is 23.6 Å². The predicted octanol–water partition coefficient (Wildman–Crippen LogP) is 3.37. The van der Waals surface area contributed by atoms with Gasteiger partial charge in [0, 0.05) is 30.7 Å². The molecule has 30 heavy (non-hydrogen) atoms. The molecule has 0 saturated heterocycles. The maximum Gasteiger partial charge on any atom is 0.349 e. The number of benzene rings is 1. The van der Waals surface area contributed by atoms with E-state index in [0.29, 0.717) is 24.4 Å². The number of hydrogen-bond donors (Lipinski definition) is 1. The van der Waals surface area contributed by atoms with Crippen molar-refractivity contribution in [3.63, 3.8) is 0 Å². The first-order valence-corrected chi connectivity index (χ1v) is 9.31. The Hall–Kier alpha value is -3.44. The molecule has 1 aromatic heterocycles. The number of carbonyl (C=O) groups excluding carboxylic acids is 2. The van der Waals surface area contributed by atoms with E-state index in [-0.39, 0.29) is 5.57 Å². The van der Waals surface area contributed by atoms with Crippen molar-refractivity contribution in [2.24, 2.45) is 0 Å². The lowest BCUT2D eigenvalue weighted by Gasteiger charge is -2.13. The molecule has 0 aliphatic carbocycles. The molecule has 1 N–H and O–H groups in total. The maximum atomic E-state index is 13.0. The molecule has 0 radical (unpaired) electrons. The monoisotopic (exact) mass is 413 g/mol. The minimum atomic E-state index is -1.14. The van der Waals surface area contributed by atoms with E-state index in [1.54, 1.807) is 7.11 Å². The molecule has 0 fully saturated rings. The van der Waals surface area contributed by atoms with Gasteiger partial charge in [-0.3, -0.25) is 4.79 Å². The topological polar surface area (TPSA) is 93.3 Å². The number of aromatic nitrogens is 1. The molecule has 0 aliphatic rings. The van der Waals surface area contributed by atoms with E-state index < -0.39 is 23.8 Å². The molecule has 0 spiro atoms. The van der Waals surface area contributed by atoms with Gasteiger partial charge in [0.15, 0.2) is 6.10 Å². The van der Waals surface area contributed by atoms with E-state index in [9.17, 15) is 19.2 Å². The molecule has 1 atom stereocenters. The van der Waals surface area contributed by atoms with Crippen molar-refractivity contribution in [2.45, 2.75) is 33.4 Å². The number of esters is 1. The number of nitrogens with one attached hydrogen (secondary N) is 1. The van der Waals surface area contributed by atoms with Crippen molar-refractivity contribution in [3.8, 4) is 6.07 Å². The maximum absolute atomic E-state index is 13.0. The molecule has 1 aromatic carbocycles. The Kier molecular flexibility index (Phi) is 7.90. The van der Waals surface area contributed by atoms with Crippen molar-refractivity contribution in [2.75, 3.05) is 19.0 Å². The van der Waals surface area contributed by atoms with Crippen LogP contribution in [0.15, 0.2) is 35.9 Å². The van der Waals surface area contributed by atoms with Crippen LogP contribution in [0.2, 0.25) is 0 Å². The number of rotatable bonds is 8. The summed E-state index contributed by atoms with van der Waals surface area (Å²) in [5.74, 6) is -1.93. The van der Waals surface area contributed by atoms with Crippen LogP contribution in [-0.4, -0.2) is 36.3 Å². The predicted molar refractivity (Wildman–Crippen MR) is 110 cm³/mol. The first-order valence-electron chi connectivity index (χ1n) is 9.31. The Morgan fingerprint density at radius 1 is 1.30 bits per heavy atom. The highest BCUT2D eigenvalue weighted by atomic mass is 19.1. The van der Waals surface area contributed by atoms with Crippen LogP contribution in [0.25, 0.3) is 6.08 Å². The van der Waals surface area contributed by atoms with Gasteiger partial charge in [-0.25, -0.2) is 9.18 Å². The Morgan fingerprint density at radius 3 is 2.57 bits per heavy atom. The third-order valence-electron chi connectivity index (χ3n) is 4.54. The molecular formula is C22H24FN3O4. The van der Waals surface area contributed by atoms with Crippen molar-refractivity contribution in [3.05, 3.63) is 58.7 Å². The summed E-state index contributed by atoms with van der Waals surface area (Å²) in [6.07, 6.45) is 0.298. The van der Waals surface area contributed by atoms with Crippen LogP contribution < -0.4 is 5.32 Å². The highest BCUT2D eigenvalue weighted by molar-refractivity contribution is 6.01. The highest BCUT2D eigenvalue weighted by Gasteiger charge is 2.21. The minimum Gasteiger partial charge on any atom is -0.448 e. The summed E-state index contributed by atoms with van der Waals surface area (Å²) in [4.78, 5) is 24.6. The number of hydrogen-bond acceptors (Lipinski definition) is 5. The normalized spacial score (nSPS) is 12.2. The molecule has 2 aromatic rings. The third-order valence-corrected chi connectivity index (χ3v) is 4.54. The SMILES string of the molecule is COCCn1c(C)cc(/C=C(\C#N)C(=O)O[C@@H](C)C(=O)Nc2ccc(F)cc2)c1C. The van der Waals surface area contributed by atoms with Crippen molar-refractivity contribution < 1.29 is 23.5 Å². The third kappa shape index (κ3) is 5.78. The van der Waals surface area contributed by atoms with Crippen LogP contribution >= 0.6 is 0 Å². The molecule has 158 valence electrons. The van der Waals surface area contributed by atoms with E-state index in [1.807, 2.05) is 30.6 Å². The van der Waals surface area contributed by atoms with Crippen molar-refractivity contribution in [1.82, 2.24) is 4.57 Å². The summed E-state index contributed by atoms with van der Waals surface area (Å²) in [5.41, 5.74) is 2.70. The summed E-state index contributed by atoms with van der Waals surface area (Å²) < 4.78 is 25.2. The molecule has 0 saturated carbocycles. The summed E-state index contributed by atoms with van der Waals surface area (Å²) >= 11 is 0. The number of ether oxygens (including phenoxy) is 2. The van der Waals surface area contributed by atoms with Crippen LogP contribution in [0.3, 0.4) is 0 Å². The standard InChI is InChI=1S/C22H24FN3O4/c1-14-11-17(15(2)26(14)9-10-29-4)12-18(13-24)22(28)30-16(3)21(27)25-20-7-5-19(23)6-8-20/h5-8,11-12,16H,9-10H2,1-4H3,(H,25,27)/b18-12+/t16-/m0/s1. The second-order valence-corrected chi connectivity index (χ2v) is 6.68. The number of methoxy groups -OCH3 is 1. The Labute approximate surface area is 174 Å². The molecule has 0 unspecified atom stereocenters. The van der Waals surface area contributed by atoms with Crippen molar-refractivity contribution in [1.29, 1.82) is 5.26 Å². The van der Waals surface area contributed by atoms with Crippen LogP contribution in [-0.2, 0) is 25.6 Å². The number of halogens is 1. The van der Waals surface area contributed by atoms with Crippen LogP contribution in [0, 0.1) is 31.0 Å². The van der Waals surface area contributed by atoms with E-state index in [4.69, 9.17) is 9.47 Å². The van der Waals surface area contributed by atoms with E-state index >= 15 is 0 Å². The van der Waals surface area contributed by atoms with Crippen LogP contribution in [0.1, 0.15) is 23.9 Å². The summed E-state index contributed by atoms with van der Waals surface area (Å²) in [6, 6.07) is 8.87. The molecule has 2 rings (SSSR count). The van der Waals surface area contributed by atoms with E-state index in [2.05, 4.69) is 5.32 Å². The minimum absolute atomic E-state index is 0.219. The lowest BCUT2D eigenvalue weighted by Crippen LogP contribution is -2.30. The number of nitrogens with zero attached hydrogens (tertiary/aromatic N) is 2. The molecule has 8 heteroatoms. The smallest absolute Gasteiger partial charge is 0.349 e. The van der Waals surface area contributed by atoms with Gasteiger partial charge in [0.25, 0.3) is 5.91 Å². The van der Waals surface area contributed by atoms with Gasteiger partial charge in [-0.05, 0) is 62.7 Å². The number of nitriles is 1. The summed E-state index contributed by atoms with van der Waals surface area (Å²) in [5, 5.41) is 11.9. The second kappa shape index (κ2) is 10.4. The summed E-state index contributed by atoms with van der Waals surface area (Å²) in [6.45, 7) is 6.38. The molecule has 1 heterocycles. The zero-order valence-electron chi connectivity index (χ0n) is 17.4. The molecular weight excluding hydrogens is 389 g/mol. The molecule has 0 bridgehead atoms. The van der Waals surface area contributed by atoms with Gasteiger partial charge in [-0.1, -0.05) is 0 Å². The fourth-order valence-electron chi connectivity index (χ4n) is 2.85. The second-order valence-electron chi connectivity index (χ2n) is 6.68. The number of amides is 1. The molecule has 0 aliphatic heterocycles. The van der Waals surface area contributed by atoms with Crippen LogP contribution in [0.5, 0.6) is 0 Å².